The molecule has 0 fully saturated rings. The van der Waals surface area contributed by atoms with Crippen molar-refractivity contribution in [1.82, 2.24) is 0 Å². The Morgan fingerprint density at radius 1 is 0.957 bits per heavy atom. The third-order valence-electron chi connectivity index (χ3n) is 4.72. The molecule has 2 aromatic rings. The van der Waals surface area contributed by atoms with Gasteiger partial charge in [-0.1, -0.05) is 61.9 Å². The Hall–Kier alpha value is -2.15. The zero-order chi connectivity index (χ0) is 16.1. The number of benzene rings is 2. The van der Waals surface area contributed by atoms with E-state index in [0.717, 1.165) is 18.5 Å². The van der Waals surface area contributed by atoms with E-state index in [1.807, 2.05) is 6.08 Å². The van der Waals surface area contributed by atoms with Gasteiger partial charge in [-0.05, 0) is 48.4 Å². The van der Waals surface area contributed by atoms with E-state index in [1.54, 1.807) is 0 Å². The highest BCUT2D eigenvalue weighted by Gasteiger charge is 2.21. The minimum absolute atomic E-state index is 0.393. The molecule has 23 heavy (non-hydrogen) atoms. The van der Waals surface area contributed by atoms with Gasteiger partial charge in [0.05, 0.1) is 5.69 Å². The van der Waals surface area contributed by atoms with Crippen LogP contribution in [-0.4, -0.2) is 5.71 Å². The lowest BCUT2D eigenvalue weighted by atomic mass is 9.88. The predicted molar refractivity (Wildman–Crippen MR) is 99.9 cm³/mol. The van der Waals surface area contributed by atoms with Crippen LogP contribution in [0.25, 0.3) is 0 Å². The van der Waals surface area contributed by atoms with E-state index in [-0.39, 0.29) is 0 Å². The lowest BCUT2D eigenvalue weighted by Crippen LogP contribution is -2.05. The van der Waals surface area contributed by atoms with Gasteiger partial charge in [-0.15, -0.1) is 6.58 Å². The number of aliphatic imine (C=N–C) groups is 1. The molecule has 0 spiro atoms. The van der Waals surface area contributed by atoms with Crippen molar-refractivity contribution in [3.8, 4) is 0 Å². The summed E-state index contributed by atoms with van der Waals surface area (Å²) in [5, 5.41) is 0. The van der Waals surface area contributed by atoms with Gasteiger partial charge >= 0.3 is 0 Å². The van der Waals surface area contributed by atoms with Crippen molar-refractivity contribution in [3.05, 3.63) is 77.9 Å². The molecular formula is C22H25N. The number of hydrogen-bond donors (Lipinski definition) is 0. The number of hydrogen-bond acceptors (Lipinski definition) is 1. The van der Waals surface area contributed by atoms with Crippen LogP contribution < -0.4 is 0 Å². The number of nitrogens with zero attached hydrogens (tertiary/aromatic N) is 1. The van der Waals surface area contributed by atoms with Crippen LogP contribution in [-0.2, 0) is 0 Å². The summed E-state index contributed by atoms with van der Waals surface area (Å²) in [6.07, 6.45) is 7.84. The van der Waals surface area contributed by atoms with Crippen LogP contribution >= 0.6 is 0 Å². The Morgan fingerprint density at radius 2 is 1.70 bits per heavy atom. The van der Waals surface area contributed by atoms with E-state index in [2.05, 4.69) is 62.0 Å². The maximum atomic E-state index is 5.05. The molecule has 0 saturated carbocycles. The number of rotatable bonds is 6. The molecule has 0 saturated heterocycles. The summed E-state index contributed by atoms with van der Waals surface area (Å²) < 4.78 is 0. The number of unbranched alkanes of at least 4 members (excludes halogenated alkanes) is 3. The van der Waals surface area contributed by atoms with Gasteiger partial charge in [-0.25, -0.2) is 0 Å². The quantitative estimate of drug-likeness (QED) is 0.432. The van der Waals surface area contributed by atoms with Gasteiger partial charge in [0, 0.05) is 11.6 Å². The van der Waals surface area contributed by atoms with Crippen molar-refractivity contribution in [3.63, 3.8) is 0 Å². The molecule has 0 amide bonds. The Balaban J connectivity index is 1.91. The zero-order valence-electron chi connectivity index (χ0n) is 14.0. The number of fused-ring (bicyclic) bond motifs is 2. The largest absolute Gasteiger partial charge is 0.253 e. The molecule has 3 rings (SSSR count). The second-order valence-electron chi connectivity index (χ2n) is 6.31. The van der Waals surface area contributed by atoms with Gasteiger partial charge in [-0.3, -0.25) is 4.99 Å². The molecule has 1 aliphatic heterocycles. The molecule has 1 unspecified atom stereocenters. The first kappa shape index (κ1) is 15.7. The highest BCUT2D eigenvalue weighted by Crippen LogP contribution is 2.37. The van der Waals surface area contributed by atoms with Crippen LogP contribution in [0.5, 0.6) is 0 Å². The minimum atomic E-state index is 0.393. The summed E-state index contributed by atoms with van der Waals surface area (Å²) in [6.45, 7) is 6.09. The summed E-state index contributed by atoms with van der Waals surface area (Å²) in [5.41, 5.74) is 6.46. The van der Waals surface area contributed by atoms with Gasteiger partial charge in [0.1, 0.15) is 0 Å². The Labute approximate surface area is 139 Å². The topological polar surface area (TPSA) is 12.4 Å². The van der Waals surface area contributed by atoms with Gasteiger partial charge < -0.3 is 0 Å². The molecule has 0 N–H and O–H groups in total. The molecule has 1 aliphatic rings. The maximum Gasteiger partial charge on any atom is 0.0671 e. The van der Waals surface area contributed by atoms with Crippen molar-refractivity contribution in [2.75, 3.05) is 0 Å². The zero-order valence-corrected chi connectivity index (χ0v) is 14.0. The summed E-state index contributed by atoms with van der Waals surface area (Å²) in [7, 11) is 0. The van der Waals surface area contributed by atoms with Crippen LogP contribution in [0.2, 0.25) is 0 Å². The van der Waals surface area contributed by atoms with E-state index >= 15 is 0 Å². The van der Waals surface area contributed by atoms with Gasteiger partial charge in [0.25, 0.3) is 0 Å². The molecule has 1 heteroatoms. The normalized spacial score (nSPS) is 16.0. The molecule has 0 radical (unpaired) electrons. The van der Waals surface area contributed by atoms with Crippen molar-refractivity contribution in [1.29, 1.82) is 0 Å². The third-order valence-corrected chi connectivity index (χ3v) is 4.72. The predicted octanol–water partition coefficient (Wildman–Crippen LogP) is 6.41. The van der Waals surface area contributed by atoms with Crippen LogP contribution in [0.1, 0.15) is 61.6 Å². The fourth-order valence-corrected chi connectivity index (χ4v) is 3.41. The molecular weight excluding hydrogens is 278 g/mol. The second kappa shape index (κ2) is 7.41. The van der Waals surface area contributed by atoms with Crippen LogP contribution in [0.15, 0.2) is 66.2 Å². The van der Waals surface area contributed by atoms with E-state index in [4.69, 9.17) is 4.99 Å². The lowest BCUT2D eigenvalue weighted by Gasteiger charge is -2.15. The summed E-state index contributed by atoms with van der Waals surface area (Å²) in [4.78, 5) is 5.05. The first-order chi connectivity index (χ1) is 11.3. The van der Waals surface area contributed by atoms with Crippen LogP contribution in [0, 0.1) is 0 Å². The van der Waals surface area contributed by atoms with Crippen LogP contribution in [0.3, 0.4) is 0 Å². The van der Waals surface area contributed by atoms with E-state index in [1.165, 1.54) is 41.7 Å². The Kier molecular flexibility index (Phi) is 5.07. The molecule has 1 heterocycles. The molecule has 1 atom stereocenters. The molecule has 0 bridgehead atoms. The monoisotopic (exact) mass is 303 g/mol. The maximum absolute atomic E-state index is 5.05. The van der Waals surface area contributed by atoms with Gasteiger partial charge in [0.2, 0.25) is 0 Å². The fourth-order valence-electron chi connectivity index (χ4n) is 3.41. The average molecular weight is 303 g/mol. The third kappa shape index (κ3) is 3.44. The molecule has 118 valence electrons. The van der Waals surface area contributed by atoms with Gasteiger partial charge in [-0.2, -0.15) is 0 Å². The fraction of sp³-hybridized carbons (Fsp3) is 0.318. The second-order valence-corrected chi connectivity index (χ2v) is 6.31. The molecule has 1 nitrogen and oxygen atoms in total. The molecule has 0 aromatic heterocycles. The molecule has 0 aliphatic carbocycles. The highest BCUT2D eigenvalue weighted by molar-refractivity contribution is 6.04. The number of para-hydroxylation sites is 1. The van der Waals surface area contributed by atoms with E-state index in [0.29, 0.717) is 5.92 Å². The molecule has 2 aromatic carbocycles. The first-order valence-corrected chi connectivity index (χ1v) is 8.68. The lowest BCUT2D eigenvalue weighted by molar-refractivity contribution is 0.707. The summed E-state index contributed by atoms with van der Waals surface area (Å²) >= 11 is 0. The standard InChI is InChI=1S/C22H25N/c1-3-4-5-6-7-15-22-20-14-9-8-12-18(20)17(2)19-13-10-11-16-21(19)23-22/h3,8-14,16-17H,1,4-7,15H2,2H3. The SMILES string of the molecule is C=CCCCCCC1=Nc2ccccc2C(C)c2ccccc21. The van der Waals surface area contributed by atoms with Crippen molar-refractivity contribution in [2.45, 2.75) is 44.9 Å². The smallest absolute Gasteiger partial charge is 0.0671 e. The summed E-state index contributed by atoms with van der Waals surface area (Å²) in [6, 6.07) is 17.3. The Bertz CT molecular complexity index is 711. The van der Waals surface area contributed by atoms with Crippen molar-refractivity contribution in [2.24, 2.45) is 4.99 Å². The van der Waals surface area contributed by atoms with Gasteiger partial charge in [0.15, 0.2) is 0 Å². The summed E-state index contributed by atoms with van der Waals surface area (Å²) in [5.74, 6) is 0.393. The average Bonchev–Trinajstić information content (AvgIpc) is 2.71. The highest BCUT2D eigenvalue weighted by atomic mass is 14.8. The van der Waals surface area contributed by atoms with E-state index < -0.39 is 0 Å². The number of allylic oxidation sites excluding steroid dienone is 1. The first-order valence-electron chi connectivity index (χ1n) is 8.68. The minimum Gasteiger partial charge on any atom is -0.253 e. The Morgan fingerprint density at radius 3 is 2.52 bits per heavy atom. The van der Waals surface area contributed by atoms with Crippen molar-refractivity contribution < 1.29 is 0 Å². The van der Waals surface area contributed by atoms with E-state index in [9.17, 15) is 0 Å². The van der Waals surface area contributed by atoms with Crippen molar-refractivity contribution >= 4 is 11.4 Å². The van der Waals surface area contributed by atoms with Crippen LogP contribution in [0.4, 0.5) is 5.69 Å².